The number of hydrogen-bond acceptors (Lipinski definition) is 9. The Morgan fingerprint density at radius 2 is 1.95 bits per heavy atom. The smallest absolute Gasteiger partial charge is 0.246 e. The summed E-state index contributed by atoms with van der Waals surface area (Å²) >= 11 is 0. The van der Waals surface area contributed by atoms with Crippen LogP contribution in [0.3, 0.4) is 0 Å². The predicted octanol–water partition coefficient (Wildman–Crippen LogP) is 2.76. The maximum Gasteiger partial charge on any atom is 0.246 e. The molecule has 10 nitrogen and oxygen atoms in total. The highest BCUT2D eigenvalue weighted by Crippen LogP contribution is 2.39. The Morgan fingerprint density at radius 3 is 2.74 bits per heavy atom. The van der Waals surface area contributed by atoms with Crippen LogP contribution in [-0.4, -0.2) is 60.0 Å². The predicted molar refractivity (Wildman–Crippen MR) is 150 cm³/mol. The van der Waals surface area contributed by atoms with Gasteiger partial charge in [0.1, 0.15) is 35.2 Å². The van der Waals surface area contributed by atoms with Gasteiger partial charge in [0.25, 0.3) is 0 Å². The maximum absolute atomic E-state index is 13.3. The fourth-order valence-electron chi connectivity index (χ4n) is 5.82. The standard InChI is InChI=1S/C28H35N7O3S/c1-28(2)7-5-23-22(13-28)27(33-17-32-23)34-9-10-38-24-4-3-18(11-20(24)15-34)19-12-25(26(30)31-14-19)39(36,37)35-8-6-21(29)16-35/h3-4,11-12,14,17,21H,5-10,13,15-16,29H2,1-2H3,(H2,30,31). The summed E-state index contributed by atoms with van der Waals surface area (Å²) in [6.45, 7) is 7.12. The molecule has 0 saturated carbocycles. The summed E-state index contributed by atoms with van der Waals surface area (Å²) in [4.78, 5) is 15.8. The summed E-state index contributed by atoms with van der Waals surface area (Å²) in [5.74, 6) is 1.77. The van der Waals surface area contributed by atoms with Gasteiger partial charge in [0.15, 0.2) is 0 Å². The van der Waals surface area contributed by atoms with Gasteiger partial charge in [0, 0.05) is 54.3 Å². The molecule has 1 atom stereocenters. The second kappa shape index (κ2) is 9.72. The van der Waals surface area contributed by atoms with Crippen molar-refractivity contribution in [1.82, 2.24) is 19.3 Å². The Hall–Kier alpha value is -3.28. The van der Waals surface area contributed by atoms with Gasteiger partial charge in [-0.05, 0) is 54.9 Å². The van der Waals surface area contributed by atoms with Gasteiger partial charge in [-0.1, -0.05) is 19.9 Å². The molecule has 1 aromatic carbocycles. The Morgan fingerprint density at radius 1 is 1.10 bits per heavy atom. The molecule has 11 heteroatoms. The van der Waals surface area contributed by atoms with Crippen LogP contribution in [0, 0.1) is 5.41 Å². The van der Waals surface area contributed by atoms with E-state index in [2.05, 4.69) is 28.7 Å². The van der Waals surface area contributed by atoms with Crippen molar-refractivity contribution in [2.45, 2.75) is 57.0 Å². The van der Waals surface area contributed by atoms with Gasteiger partial charge >= 0.3 is 0 Å². The third-order valence-electron chi connectivity index (χ3n) is 8.07. The summed E-state index contributed by atoms with van der Waals surface area (Å²) < 4.78 is 34.2. The fraction of sp³-hybridized carbons (Fsp3) is 0.464. The van der Waals surface area contributed by atoms with Gasteiger partial charge < -0.3 is 21.1 Å². The van der Waals surface area contributed by atoms with E-state index in [9.17, 15) is 8.42 Å². The van der Waals surface area contributed by atoms with Gasteiger partial charge in [0.2, 0.25) is 10.0 Å². The summed E-state index contributed by atoms with van der Waals surface area (Å²) in [5.41, 5.74) is 17.1. The number of nitrogen functional groups attached to an aromatic ring is 1. The molecule has 2 aliphatic heterocycles. The first-order valence-corrected chi connectivity index (χ1v) is 14.9. The van der Waals surface area contributed by atoms with E-state index in [1.807, 2.05) is 18.2 Å². The van der Waals surface area contributed by atoms with Crippen molar-refractivity contribution in [1.29, 1.82) is 0 Å². The van der Waals surface area contributed by atoms with E-state index in [0.717, 1.165) is 47.7 Å². The molecule has 3 aliphatic rings. The zero-order valence-corrected chi connectivity index (χ0v) is 23.2. The molecule has 6 rings (SSSR count). The van der Waals surface area contributed by atoms with Gasteiger partial charge in [-0.3, -0.25) is 0 Å². The zero-order valence-electron chi connectivity index (χ0n) is 22.4. The SMILES string of the molecule is CC1(C)CCc2ncnc(N3CCOc4ccc(-c5cnc(N)c(S(=O)(=O)N6CCC(N)C6)c5)cc4C3)c2C1. The number of nitrogens with zero attached hydrogens (tertiary/aromatic N) is 5. The Balaban J connectivity index is 1.33. The molecule has 4 N–H and O–H groups in total. The number of hydrogen-bond donors (Lipinski definition) is 2. The highest BCUT2D eigenvalue weighted by Gasteiger charge is 2.33. The minimum Gasteiger partial charge on any atom is -0.491 e. The minimum atomic E-state index is -3.80. The normalized spacial score (nSPS) is 21.1. The number of anilines is 2. The fourth-order valence-corrected chi connectivity index (χ4v) is 7.42. The number of benzene rings is 1. The van der Waals surface area contributed by atoms with Gasteiger partial charge in [-0.25, -0.2) is 23.4 Å². The lowest BCUT2D eigenvalue weighted by Gasteiger charge is -2.33. The lowest BCUT2D eigenvalue weighted by Crippen LogP contribution is -2.32. The van der Waals surface area contributed by atoms with Gasteiger partial charge in [0.05, 0.1) is 6.54 Å². The highest BCUT2D eigenvalue weighted by atomic mass is 32.2. The van der Waals surface area contributed by atoms with Crippen molar-refractivity contribution in [3.8, 4) is 16.9 Å². The molecule has 39 heavy (non-hydrogen) atoms. The third-order valence-corrected chi connectivity index (χ3v) is 9.96. The van der Waals surface area contributed by atoms with Crippen LogP contribution in [0.4, 0.5) is 11.6 Å². The molecule has 0 radical (unpaired) electrons. The second-order valence-electron chi connectivity index (χ2n) is 11.6. The van der Waals surface area contributed by atoms with Crippen LogP contribution in [0.1, 0.15) is 43.5 Å². The topological polar surface area (TPSA) is 141 Å². The number of sulfonamides is 1. The number of ether oxygens (including phenoxy) is 1. The van der Waals surface area contributed by atoms with Crippen LogP contribution in [0.15, 0.2) is 41.7 Å². The largest absolute Gasteiger partial charge is 0.491 e. The lowest BCUT2D eigenvalue weighted by atomic mass is 9.76. The quantitative estimate of drug-likeness (QED) is 0.502. The molecule has 0 amide bonds. The van der Waals surface area contributed by atoms with Crippen LogP contribution in [0.2, 0.25) is 0 Å². The van der Waals surface area contributed by atoms with E-state index in [4.69, 9.17) is 21.2 Å². The highest BCUT2D eigenvalue weighted by molar-refractivity contribution is 7.89. The van der Waals surface area contributed by atoms with E-state index in [-0.39, 0.29) is 28.7 Å². The summed E-state index contributed by atoms with van der Waals surface area (Å²) in [6.07, 6.45) is 6.93. The van der Waals surface area contributed by atoms with Crippen LogP contribution in [-0.2, 0) is 29.4 Å². The summed E-state index contributed by atoms with van der Waals surface area (Å²) in [7, 11) is -3.80. The van der Waals surface area contributed by atoms with Crippen molar-refractivity contribution < 1.29 is 13.2 Å². The lowest BCUT2D eigenvalue weighted by molar-refractivity contribution is 0.310. The second-order valence-corrected chi connectivity index (χ2v) is 13.5. The Kier molecular flexibility index (Phi) is 6.47. The molecule has 2 aromatic heterocycles. The van der Waals surface area contributed by atoms with E-state index in [0.29, 0.717) is 38.2 Å². The molecule has 1 fully saturated rings. The average molecular weight is 550 g/mol. The molecule has 206 valence electrons. The van der Waals surface area contributed by atoms with E-state index in [1.54, 1.807) is 18.6 Å². The zero-order chi connectivity index (χ0) is 27.4. The van der Waals surface area contributed by atoms with Gasteiger partial charge in [-0.15, -0.1) is 0 Å². The molecule has 4 heterocycles. The van der Waals surface area contributed by atoms with Crippen molar-refractivity contribution in [3.05, 3.63) is 53.6 Å². The average Bonchev–Trinajstić information content (AvgIpc) is 3.24. The van der Waals surface area contributed by atoms with Crippen LogP contribution >= 0.6 is 0 Å². The molecule has 1 aliphatic carbocycles. The van der Waals surface area contributed by atoms with Crippen LogP contribution in [0.25, 0.3) is 11.1 Å². The number of pyridine rings is 1. The Bertz CT molecular complexity index is 1530. The molecule has 3 aromatic rings. The Labute approximate surface area is 229 Å². The third kappa shape index (κ3) is 4.94. The number of aromatic nitrogens is 3. The maximum atomic E-state index is 13.3. The number of fused-ring (bicyclic) bond motifs is 2. The first-order valence-electron chi connectivity index (χ1n) is 13.5. The van der Waals surface area contributed by atoms with Crippen molar-refractivity contribution in [2.24, 2.45) is 11.1 Å². The van der Waals surface area contributed by atoms with E-state index >= 15 is 0 Å². The molecular formula is C28H35N7O3S. The molecular weight excluding hydrogens is 514 g/mol. The van der Waals surface area contributed by atoms with E-state index in [1.165, 1.54) is 9.87 Å². The van der Waals surface area contributed by atoms with Crippen molar-refractivity contribution in [3.63, 3.8) is 0 Å². The molecule has 0 bridgehead atoms. The number of nitrogens with two attached hydrogens (primary N) is 2. The number of aryl methyl sites for hydroxylation is 1. The van der Waals surface area contributed by atoms with E-state index < -0.39 is 10.0 Å². The summed E-state index contributed by atoms with van der Waals surface area (Å²) in [6, 6.07) is 7.36. The first-order chi connectivity index (χ1) is 18.6. The van der Waals surface area contributed by atoms with Crippen molar-refractivity contribution in [2.75, 3.05) is 36.9 Å². The monoisotopic (exact) mass is 549 g/mol. The van der Waals surface area contributed by atoms with Crippen molar-refractivity contribution >= 4 is 21.7 Å². The minimum absolute atomic E-state index is 0.0112. The molecule has 1 unspecified atom stereocenters. The van der Waals surface area contributed by atoms with Gasteiger partial charge in [-0.2, -0.15) is 4.31 Å². The van der Waals surface area contributed by atoms with Crippen LogP contribution in [0.5, 0.6) is 5.75 Å². The molecule has 1 saturated heterocycles. The van der Waals surface area contributed by atoms with Crippen LogP contribution < -0.4 is 21.1 Å². The first kappa shape index (κ1) is 26.0. The molecule has 0 spiro atoms. The number of rotatable bonds is 4. The summed E-state index contributed by atoms with van der Waals surface area (Å²) in [5, 5.41) is 0.